The summed E-state index contributed by atoms with van der Waals surface area (Å²) >= 11 is 0. The molecule has 2 heteroatoms. The minimum atomic E-state index is 0.356. The molecule has 7 rings (SSSR count). The van der Waals surface area contributed by atoms with Crippen LogP contribution in [0.3, 0.4) is 0 Å². The van der Waals surface area contributed by atoms with Gasteiger partial charge in [0.1, 0.15) is 18.5 Å². The number of pyridine rings is 1. The maximum Gasteiger partial charge on any atom is 0.228 e. The van der Waals surface area contributed by atoms with Gasteiger partial charge < -0.3 is 4.74 Å². The van der Waals surface area contributed by atoms with Crippen LogP contribution in [-0.2, 0) is 7.05 Å². The smallest absolute Gasteiger partial charge is 0.228 e. The maximum absolute atomic E-state index is 7.00. The minimum absolute atomic E-state index is 0.356. The molecule has 2 aliphatic rings. The zero-order valence-corrected chi connectivity index (χ0v) is 21.1. The Balaban J connectivity index is 1.64. The molecule has 35 heavy (non-hydrogen) atoms. The maximum atomic E-state index is 7.00. The van der Waals surface area contributed by atoms with Gasteiger partial charge in [0.15, 0.2) is 6.20 Å². The lowest BCUT2D eigenvalue weighted by Crippen LogP contribution is -2.32. The first kappa shape index (κ1) is 20.9. The van der Waals surface area contributed by atoms with Crippen molar-refractivity contribution < 1.29 is 9.30 Å². The fourth-order valence-corrected chi connectivity index (χ4v) is 6.96. The van der Waals surface area contributed by atoms with Gasteiger partial charge in [-0.2, -0.15) is 0 Å². The second-order valence-corrected chi connectivity index (χ2v) is 10.9. The molecular formula is C33H32NO+. The number of hydrogen-bond acceptors (Lipinski definition) is 1. The van der Waals surface area contributed by atoms with Crippen LogP contribution in [0.25, 0.3) is 43.6 Å². The molecule has 0 N–H and O–H groups in total. The molecule has 0 spiro atoms. The summed E-state index contributed by atoms with van der Waals surface area (Å²) in [7, 11) is 2.18. The number of aromatic nitrogens is 1. The number of ether oxygens (including phenoxy) is 1. The molecular weight excluding hydrogens is 426 g/mol. The number of fused-ring (bicyclic) bond motifs is 5. The van der Waals surface area contributed by atoms with Crippen molar-refractivity contribution >= 4 is 32.3 Å². The molecule has 0 bridgehead atoms. The first-order valence-electron chi connectivity index (χ1n) is 13.2. The van der Waals surface area contributed by atoms with Crippen LogP contribution in [0, 0.1) is 6.92 Å². The van der Waals surface area contributed by atoms with E-state index in [9.17, 15) is 0 Å². The van der Waals surface area contributed by atoms with Gasteiger partial charge in [-0.05, 0) is 70.3 Å². The van der Waals surface area contributed by atoms with Crippen molar-refractivity contribution in [3.8, 4) is 22.8 Å². The van der Waals surface area contributed by atoms with Crippen LogP contribution < -0.4 is 9.30 Å². The van der Waals surface area contributed by atoms with E-state index in [2.05, 4.69) is 93.2 Å². The van der Waals surface area contributed by atoms with Gasteiger partial charge in [0, 0.05) is 17.0 Å². The molecule has 5 aromatic rings. The Kier molecular flexibility index (Phi) is 4.52. The van der Waals surface area contributed by atoms with E-state index < -0.39 is 0 Å². The lowest BCUT2D eigenvalue weighted by Gasteiger charge is -2.27. The summed E-state index contributed by atoms with van der Waals surface area (Å²) in [4.78, 5) is 0. The summed E-state index contributed by atoms with van der Waals surface area (Å²) in [6.45, 7) is 6.84. The molecule has 4 aromatic carbocycles. The standard InChI is InChI=1S/C33H32NO/c1-19(2)29-25-13-8-7-12-22(25)20(3)30-32-31-26(16-17-34(32)4)24-15-9-14-23(21-10-5-6-11-21)27(24)18-28(31)35-33(29)30/h7-9,12-19,21H,5-6,10-11H2,1-4H3/q+1. The van der Waals surface area contributed by atoms with Gasteiger partial charge in [-0.1, -0.05) is 69.2 Å². The summed E-state index contributed by atoms with van der Waals surface area (Å²) in [5.41, 5.74) is 6.64. The number of aryl methyl sites for hydroxylation is 2. The molecule has 1 aromatic heterocycles. The topological polar surface area (TPSA) is 13.1 Å². The predicted octanol–water partition coefficient (Wildman–Crippen LogP) is 8.83. The van der Waals surface area contributed by atoms with Crippen LogP contribution in [-0.4, -0.2) is 0 Å². The highest BCUT2D eigenvalue weighted by molar-refractivity contribution is 6.17. The molecule has 1 aliphatic carbocycles. The molecule has 0 atom stereocenters. The van der Waals surface area contributed by atoms with Crippen molar-refractivity contribution in [1.29, 1.82) is 0 Å². The largest absolute Gasteiger partial charge is 0.455 e. The highest BCUT2D eigenvalue weighted by Crippen LogP contribution is 2.53. The van der Waals surface area contributed by atoms with Crippen LogP contribution in [0.2, 0.25) is 0 Å². The first-order valence-corrected chi connectivity index (χ1v) is 13.2. The Morgan fingerprint density at radius 3 is 2.37 bits per heavy atom. The Labute approximate surface area is 207 Å². The van der Waals surface area contributed by atoms with E-state index in [1.807, 2.05) is 0 Å². The van der Waals surface area contributed by atoms with E-state index in [1.165, 1.54) is 85.9 Å². The molecule has 2 nitrogen and oxygen atoms in total. The highest BCUT2D eigenvalue weighted by atomic mass is 16.5. The first-order chi connectivity index (χ1) is 17.0. The third kappa shape index (κ3) is 2.86. The predicted molar refractivity (Wildman–Crippen MR) is 146 cm³/mol. The Hall–Kier alpha value is -3.39. The molecule has 0 saturated heterocycles. The molecule has 0 amide bonds. The van der Waals surface area contributed by atoms with Crippen LogP contribution in [0.5, 0.6) is 11.5 Å². The average molecular weight is 459 g/mol. The quantitative estimate of drug-likeness (QED) is 0.187. The van der Waals surface area contributed by atoms with Gasteiger partial charge in [0.25, 0.3) is 0 Å². The normalized spacial score (nSPS) is 15.3. The zero-order valence-electron chi connectivity index (χ0n) is 21.1. The second-order valence-electron chi connectivity index (χ2n) is 10.9. The number of nitrogens with zero attached hydrogens (tertiary/aromatic N) is 1. The number of hydrogen-bond donors (Lipinski definition) is 0. The van der Waals surface area contributed by atoms with E-state index >= 15 is 0 Å². The summed E-state index contributed by atoms with van der Waals surface area (Å²) in [5, 5.41) is 7.90. The molecule has 1 aliphatic heterocycles. The summed E-state index contributed by atoms with van der Waals surface area (Å²) in [6.07, 6.45) is 7.52. The van der Waals surface area contributed by atoms with E-state index in [0.717, 1.165) is 11.5 Å². The van der Waals surface area contributed by atoms with Crippen LogP contribution in [0.15, 0.2) is 60.8 Å². The number of benzene rings is 4. The lowest BCUT2D eigenvalue weighted by molar-refractivity contribution is -0.659. The van der Waals surface area contributed by atoms with Crippen molar-refractivity contribution in [1.82, 2.24) is 0 Å². The van der Waals surface area contributed by atoms with Crippen molar-refractivity contribution in [3.63, 3.8) is 0 Å². The van der Waals surface area contributed by atoms with E-state index in [0.29, 0.717) is 11.8 Å². The second kappa shape index (κ2) is 7.55. The van der Waals surface area contributed by atoms with Crippen molar-refractivity contribution in [3.05, 3.63) is 77.5 Å². The summed E-state index contributed by atoms with van der Waals surface area (Å²) < 4.78 is 9.30. The summed E-state index contributed by atoms with van der Waals surface area (Å²) in [5.74, 6) is 3.07. The van der Waals surface area contributed by atoms with Crippen molar-refractivity contribution in [2.45, 2.75) is 58.3 Å². The molecule has 1 fully saturated rings. The van der Waals surface area contributed by atoms with Crippen LogP contribution in [0.4, 0.5) is 0 Å². The molecule has 0 unspecified atom stereocenters. The number of rotatable bonds is 2. The average Bonchev–Trinajstić information content (AvgIpc) is 3.40. The van der Waals surface area contributed by atoms with Gasteiger partial charge in [-0.15, -0.1) is 0 Å². The fraction of sp³-hybridized carbons (Fsp3) is 0.303. The molecule has 0 radical (unpaired) electrons. The van der Waals surface area contributed by atoms with E-state index in [4.69, 9.17) is 4.74 Å². The SMILES string of the molecule is Cc1c2c(c(C(C)C)c3ccccc13)Oc1cc3c(C4CCCC4)cccc3c3cc[n+](C)c-2c13. The van der Waals surface area contributed by atoms with Gasteiger partial charge in [-0.3, -0.25) is 0 Å². The lowest BCUT2D eigenvalue weighted by atomic mass is 9.84. The highest BCUT2D eigenvalue weighted by Gasteiger charge is 2.34. The summed E-state index contributed by atoms with van der Waals surface area (Å²) in [6, 6.07) is 20.4. The van der Waals surface area contributed by atoms with Gasteiger partial charge in [0.2, 0.25) is 5.69 Å². The minimum Gasteiger partial charge on any atom is -0.455 e. The molecule has 1 saturated carbocycles. The Morgan fingerprint density at radius 2 is 1.60 bits per heavy atom. The van der Waals surface area contributed by atoms with Crippen LogP contribution in [0.1, 0.15) is 68.1 Å². The third-order valence-corrected chi connectivity index (χ3v) is 8.56. The fourth-order valence-electron chi connectivity index (χ4n) is 6.96. The van der Waals surface area contributed by atoms with E-state index in [-0.39, 0.29) is 0 Å². The molecule has 174 valence electrons. The van der Waals surface area contributed by atoms with Gasteiger partial charge in [0.05, 0.1) is 10.9 Å². The molecule has 2 heterocycles. The van der Waals surface area contributed by atoms with E-state index in [1.54, 1.807) is 0 Å². The zero-order chi connectivity index (χ0) is 23.8. The van der Waals surface area contributed by atoms with Crippen LogP contribution >= 0.6 is 0 Å². The Bertz CT molecular complexity index is 1670. The van der Waals surface area contributed by atoms with Gasteiger partial charge >= 0.3 is 0 Å². The van der Waals surface area contributed by atoms with Crippen molar-refractivity contribution in [2.24, 2.45) is 7.05 Å². The monoisotopic (exact) mass is 458 g/mol. The third-order valence-electron chi connectivity index (χ3n) is 8.56. The van der Waals surface area contributed by atoms with Crippen molar-refractivity contribution in [2.75, 3.05) is 0 Å². The van der Waals surface area contributed by atoms with Gasteiger partial charge in [-0.25, -0.2) is 4.57 Å². The Morgan fingerprint density at radius 1 is 0.857 bits per heavy atom.